The quantitative estimate of drug-likeness (QED) is 0.882. The second-order valence-electron chi connectivity index (χ2n) is 4.53. The van der Waals surface area contributed by atoms with E-state index in [1.165, 1.54) is 5.56 Å². The highest BCUT2D eigenvalue weighted by molar-refractivity contribution is 5.23. The largest absolute Gasteiger partial charge is 0.466 e. The van der Waals surface area contributed by atoms with E-state index in [2.05, 4.69) is 28.4 Å². The minimum absolute atomic E-state index is 0.256. The van der Waals surface area contributed by atoms with Crippen LogP contribution in [0.25, 0.3) is 0 Å². The first kappa shape index (κ1) is 12.8. The molecule has 1 atom stereocenters. The van der Waals surface area contributed by atoms with Gasteiger partial charge >= 0.3 is 0 Å². The maximum Gasteiger partial charge on any atom is 0.227 e. The topological polar surface area (TPSA) is 64.1 Å². The molecule has 98 valence electrons. The minimum atomic E-state index is 0.256. The molecule has 2 aromatic rings. The molecule has 0 aliphatic rings. The smallest absolute Gasteiger partial charge is 0.227 e. The van der Waals surface area contributed by atoms with E-state index in [0.717, 1.165) is 24.5 Å². The van der Waals surface area contributed by atoms with E-state index in [9.17, 15) is 0 Å². The molecule has 0 fully saturated rings. The van der Waals surface area contributed by atoms with Crippen LogP contribution in [-0.4, -0.2) is 16.7 Å². The second-order valence-corrected chi connectivity index (χ2v) is 4.53. The average molecular weight is 249 g/mol. The highest BCUT2D eigenvalue weighted by Gasteiger charge is 2.12. The number of rotatable bonds is 5. The predicted octanol–water partition coefficient (Wildman–Crippen LogP) is 2.48. The summed E-state index contributed by atoms with van der Waals surface area (Å²) in [5.41, 5.74) is 1.20. The molecule has 1 N–H and O–H groups in total. The van der Waals surface area contributed by atoms with Gasteiger partial charge in [0.1, 0.15) is 11.5 Å². The summed E-state index contributed by atoms with van der Waals surface area (Å²) < 4.78 is 10.6. The number of nitrogens with zero attached hydrogens (tertiary/aromatic N) is 2. The number of aromatic nitrogens is 2. The lowest BCUT2D eigenvalue weighted by Gasteiger charge is -2.11. The third-order valence-electron chi connectivity index (χ3n) is 2.90. The highest BCUT2D eigenvalue weighted by Crippen LogP contribution is 2.20. The van der Waals surface area contributed by atoms with Gasteiger partial charge in [0.2, 0.25) is 5.89 Å². The second kappa shape index (κ2) is 5.35. The van der Waals surface area contributed by atoms with Crippen LogP contribution in [0, 0.1) is 20.8 Å². The van der Waals surface area contributed by atoms with E-state index in [-0.39, 0.29) is 6.04 Å². The standard InChI is InChI=1S/C13H19N3O2/c1-8-7-12(10(3)17-8)9(2)14-6-5-13-15-11(4)16-18-13/h7,9,14H,5-6H2,1-4H3. The Morgan fingerprint density at radius 2 is 2.11 bits per heavy atom. The summed E-state index contributed by atoms with van der Waals surface area (Å²) in [6, 6.07) is 2.33. The Morgan fingerprint density at radius 3 is 2.67 bits per heavy atom. The molecule has 0 amide bonds. The van der Waals surface area contributed by atoms with Crippen molar-refractivity contribution < 1.29 is 8.94 Å². The van der Waals surface area contributed by atoms with E-state index < -0.39 is 0 Å². The van der Waals surface area contributed by atoms with Gasteiger partial charge < -0.3 is 14.3 Å². The van der Waals surface area contributed by atoms with Gasteiger partial charge in [0.05, 0.1) is 0 Å². The molecule has 2 aromatic heterocycles. The van der Waals surface area contributed by atoms with Crippen molar-refractivity contribution in [1.29, 1.82) is 0 Å². The maximum atomic E-state index is 5.52. The summed E-state index contributed by atoms with van der Waals surface area (Å²) in [5, 5.41) is 7.18. The van der Waals surface area contributed by atoms with Crippen molar-refractivity contribution in [2.75, 3.05) is 6.54 Å². The lowest BCUT2D eigenvalue weighted by atomic mass is 10.1. The molecule has 0 radical (unpaired) electrons. The molecule has 2 heterocycles. The number of aryl methyl sites for hydroxylation is 3. The van der Waals surface area contributed by atoms with Gasteiger partial charge in [-0.1, -0.05) is 5.16 Å². The first-order chi connectivity index (χ1) is 8.56. The van der Waals surface area contributed by atoms with Crippen LogP contribution in [0.15, 0.2) is 15.0 Å². The maximum absolute atomic E-state index is 5.52. The van der Waals surface area contributed by atoms with Crippen LogP contribution in [0.1, 0.15) is 41.8 Å². The Bertz CT molecular complexity index is 516. The molecule has 18 heavy (non-hydrogen) atoms. The van der Waals surface area contributed by atoms with Crippen LogP contribution in [0.3, 0.4) is 0 Å². The average Bonchev–Trinajstić information content (AvgIpc) is 2.85. The van der Waals surface area contributed by atoms with Crippen LogP contribution >= 0.6 is 0 Å². The molecular formula is C13H19N3O2. The first-order valence-corrected chi connectivity index (χ1v) is 6.15. The zero-order valence-electron chi connectivity index (χ0n) is 11.3. The predicted molar refractivity (Wildman–Crippen MR) is 67.3 cm³/mol. The Morgan fingerprint density at radius 1 is 1.33 bits per heavy atom. The Labute approximate surface area is 107 Å². The summed E-state index contributed by atoms with van der Waals surface area (Å²) in [5.74, 6) is 3.27. The fraction of sp³-hybridized carbons (Fsp3) is 0.538. The Balaban J connectivity index is 1.85. The molecule has 0 saturated heterocycles. The fourth-order valence-corrected chi connectivity index (χ4v) is 2.03. The van der Waals surface area contributed by atoms with Gasteiger partial charge in [-0.05, 0) is 33.8 Å². The number of hydrogen-bond donors (Lipinski definition) is 1. The van der Waals surface area contributed by atoms with Gasteiger partial charge in [0.15, 0.2) is 5.82 Å². The van der Waals surface area contributed by atoms with E-state index in [0.29, 0.717) is 11.7 Å². The van der Waals surface area contributed by atoms with Gasteiger partial charge in [-0.3, -0.25) is 0 Å². The van der Waals surface area contributed by atoms with Crippen molar-refractivity contribution in [2.45, 2.75) is 40.2 Å². The van der Waals surface area contributed by atoms with Crippen LogP contribution in [0.5, 0.6) is 0 Å². The normalized spacial score (nSPS) is 12.9. The van der Waals surface area contributed by atoms with E-state index >= 15 is 0 Å². The zero-order chi connectivity index (χ0) is 13.1. The monoisotopic (exact) mass is 249 g/mol. The van der Waals surface area contributed by atoms with Crippen molar-refractivity contribution in [3.05, 3.63) is 34.9 Å². The molecule has 0 bridgehead atoms. The molecule has 2 rings (SSSR count). The van der Waals surface area contributed by atoms with Gasteiger partial charge in [-0.25, -0.2) is 0 Å². The summed E-state index contributed by atoms with van der Waals surface area (Å²) in [4.78, 5) is 4.17. The molecule has 0 aromatic carbocycles. The van der Waals surface area contributed by atoms with E-state index in [1.807, 2.05) is 20.8 Å². The van der Waals surface area contributed by atoms with Crippen molar-refractivity contribution in [1.82, 2.24) is 15.5 Å². The van der Waals surface area contributed by atoms with Crippen LogP contribution in [-0.2, 0) is 6.42 Å². The molecule has 1 unspecified atom stereocenters. The summed E-state index contributed by atoms with van der Waals surface area (Å²) in [7, 11) is 0. The third kappa shape index (κ3) is 2.98. The molecule has 0 aliphatic heterocycles. The summed E-state index contributed by atoms with van der Waals surface area (Å²) in [6.07, 6.45) is 0.737. The van der Waals surface area contributed by atoms with Gasteiger partial charge in [-0.2, -0.15) is 4.98 Å². The van der Waals surface area contributed by atoms with Crippen LogP contribution in [0.2, 0.25) is 0 Å². The highest BCUT2D eigenvalue weighted by atomic mass is 16.5. The summed E-state index contributed by atoms with van der Waals surface area (Å²) in [6.45, 7) is 8.69. The fourth-order valence-electron chi connectivity index (χ4n) is 2.03. The minimum Gasteiger partial charge on any atom is -0.466 e. The van der Waals surface area contributed by atoms with Crippen molar-refractivity contribution in [2.24, 2.45) is 0 Å². The Hall–Kier alpha value is -1.62. The van der Waals surface area contributed by atoms with Gasteiger partial charge in [0, 0.05) is 24.6 Å². The van der Waals surface area contributed by atoms with E-state index in [4.69, 9.17) is 8.94 Å². The molecule has 0 spiro atoms. The molecule has 0 saturated carbocycles. The van der Waals surface area contributed by atoms with Crippen LogP contribution < -0.4 is 5.32 Å². The van der Waals surface area contributed by atoms with Crippen molar-refractivity contribution in [3.63, 3.8) is 0 Å². The number of furan rings is 1. The lowest BCUT2D eigenvalue weighted by molar-refractivity contribution is 0.370. The zero-order valence-corrected chi connectivity index (χ0v) is 11.3. The molecule has 5 nitrogen and oxygen atoms in total. The molecule has 5 heteroatoms. The Kier molecular flexibility index (Phi) is 3.81. The molecular weight excluding hydrogens is 230 g/mol. The molecule has 0 aliphatic carbocycles. The van der Waals surface area contributed by atoms with Gasteiger partial charge in [-0.15, -0.1) is 0 Å². The van der Waals surface area contributed by atoms with Gasteiger partial charge in [0.25, 0.3) is 0 Å². The van der Waals surface area contributed by atoms with Crippen molar-refractivity contribution >= 4 is 0 Å². The summed E-state index contributed by atoms with van der Waals surface area (Å²) >= 11 is 0. The lowest BCUT2D eigenvalue weighted by Crippen LogP contribution is -2.21. The third-order valence-corrected chi connectivity index (χ3v) is 2.90. The first-order valence-electron chi connectivity index (χ1n) is 6.15. The number of hydrogen-bond acceptors (Lipinski definition) is 5. The number of nitrogens with one attached hydrogen (secondary N) is 1. The van der Waals surface area contributed by atoms with Crippen LogP contribution in [0.4, 0.5) is 0 Å². The van der Waals surface area contributed by atoms with E-state index in [1.54, 1.807) is 0 Å². The van der Waals surface area contributed by atoms with Crippen molar-refractivity contribution in [3.8, 4) is 0 Å². The SMILES string of the molecule is Cc1noc(CCNC(C)c2cc(C)oc2C)n1.